The minimum Gasteiger partial charge on any atom is -0.229 e. The van der Waals surface area contributed by atoms with E-state index >= 15 is 0 Å². The SMILES string of the molecule is CC(C)(C)CS(=O)(=O)CC(C)(C)C. The largest absolute Gasteiger partial charge is 0.229 e. The molecule has 0 aromatic carbocycles. The van der Waals surface area contributed by atoms with E-state index in [1.54, 1.807) is 0 Å². The van der Waals surface area contributed by atoms with Crippen LogP contribution in [0.15, 0.2) is 0 Å². The van der Waals surface area contributed by atoms with E-state index in [-0.39, 0.29) is 22.3 Å². The maximum atomic E-state index is 11.7. The molecule has 0 rings (SSSR count). The lowest BCUT2D eigenvalue weighted by Gasteiger charge is -2.23. The summed E-state index contributed by atoms with van der Waals surface area (Å²) in [7, 11) is -2.90. The molecular weight excluding hydrogens is 184 g/mol. The van der Waals surface area contributed by atoms with Crippen molar-refractivity contribution in [3.8, 4) is 0 Å². The molecule has 0 amide bonds. The van der Waals surface area contributed by atoms with Crippen molar-refractivity contribution in [2.75, 3.05) is 11.5 Å². The summed E-state index contributed by atoms with van der Waals surface area (Å²) in [5, 5.41) is 0. The first-order valence-electron chi connectivity index (χ1n) is 4.62. The second kappa shape index (κ2) is 3.60. The third kappa shape index (κ3) is 8.28. The molecule has 0 spiro atoms. The van der Waals surface area contributed by atoms with Gasteiger partial charge in [0.25, 0.3) is 0 Å². The van der Waals surface area contributed by atoms with Crippen LogP contribution in [0.3, 0.4) is 0 Å². The predicted molar refractivity (Wildman–Crippen MR) is 57.6 cm³/mol. The second-order valence-corrected chi connectivity index (χ2v) is 8.22. The van der Waals surface area contributed by atoms with E-state index in [1.165, 1.54) is 0 Å². The van der Waals surface area contributed by atoms with Gasteiger partial charge in [0.1, 0.15) is 0 Å². The molecule has 0 aromatic heterocycles. The molecule has 2 nitrogen and oxygen atoms in total. The Labute approximate surface area is 82.6 Å². The minimum absolute atomic E-state index is 0.135. The third-order valence-electron chi connectivity index (χ3n) is 1.31. The van der Waals surface area contributed by atoms with Crippen molar-refractivity contribution >= 4 is 9.84 Å². The van der Waals surface area contributed by atoms with Crippen LogP contribution in [0.5, 0.6) is 0 Å². The van der Waals surface area contributed by atoms with Gasteiger partial charge < -0.3 is 0 Å². The normalized spacial score (nSPS) is 14.6. The molecule has 0 bridgehead atoms. The highest BCUT2D eigenvalue weighted by Gasteiger charge is 2.26. The van der Waals surface area contributed by atoms with Gasteiger partial charge in [-0.15, -0.1) is 0 Å². The van der Waals surface area contributed by atoms with Crippen LogP contribution in [0.4, 0.5) is 0 Å². The van der Waals surface area contributed by atoms with Gasteiger partial charge in [0.05, 0.1) is 11.5 Å². The van der Waals surface area contributed by atoms with Crippen LogP contribution >= 0.6 is 0 Å². The van der Waals surface area contributed by atoms with Crippen molar-refractivity contribution in [3.63, 3.8) is 0 Å². The Bertz CT molecular complexity index is 228. The van der Waals surface area contributed by atoms with Crippen molar-refractivity contribution in [1.29, 1.82) is 0 Å². The van der Waals surface area contributed by atoms with Crippen molar-refractivity contribution in [2.45, 2.75) is 41.5 Å². The summed E-state index contributed by atoms with van der Waals surface area (Å²) in [4.78, 5) is 0. The van der Waals surface area contributed by atoms with E-state index in [9.17, 15) is 8.42 Å². The minimum atomic E-state index is -2.90. The van der Waals surface area contributed by atoms with Gasteiger partial charge in [-0.3, -0.25) is 0 Å². The van der Waals surface area contributed by atoms with Crippen LogP contribution in [-0.4, -0.2) is 19.9 Å². The van der Waals surface area contributed by atoms with Crippen LogP contribution in [0.1, 0.15) is 41.5 Å². The molecule has 0 aliphatic carbocycles. The van der Waals surface area contributed by atoms with Crippen molar-refractivity contribution in [2.24, 2.45) is 10.8 Å². The lowest BCUT2D eigenvalue weighted by molar-refractivity contribution is 0.437. The molecule has 3 heteroatoms. The van der Waals surface area contributed by atoms with Gasteiger partial charge in [-0.05, 0) is 10.8 Å². The Morgan fingerprint density at radius 1 is 0.769 bits per heavy atom. The summed E-state index contributed by atoms with van der Waals surface area (Å²) in [5.41, 5.74) is -0.270. The smallest absolute Gasteiger partial charge is 0.151 e. The number of sulfone groups is 1. The fourth-order valence-corrected chi connectivity index (χ4v) is 4.11. The molecule has 0 N–H and O–H groups in total. The Balaban J connectivity index is 4.46. The van der Waals surface area contributed by atoms with E-state index in [0.29, 0.717) is 0 Å². The van der Waals surface area contributed by atoms with Gasteiger partial charge >= 0.3 is 0 Å². The van der Waals surface area contributed by atoms with Gasteiger partial charge in [0.2, 0.25) is 0 Å². The monoisotopic (exact) mass is 206 g/mol. The first-order chi connectivity index (χ1) is 5.41. The van der Waals surface area contributed by atoms with Crippen molar-refractivity contribution in [3.05, 3.63) is 0 Å². The fourth-order valence-electron chi connectivity index (χ4n) is 1.37. The van der Waals surface area contributed by atoms with E-state index in [2.05, 4.69) is 0 Å². The molecule has 0 atom stereocenters. The predicted octanol–water partition coefficient (Wildman–Crippen LogP) is 2.49. The van der Waals surface area contributed by atoms with E-state index < -0.39 is 9.84 Å². The van der Waals surface area contributed by atoms with E-state index in [0.717, 1.165) is 0 Å². The lowest BCUT2D eigenvalue weighted by Crippen LogP contribution is -2.28. The molecule has 0 aliphatic heterocycles. The van der Waals surface area contributed by atoms with Crippen LogP contribution in [0.25, 0.3) is 0 Å². The maximum Gasteiger partial charge on any atom is 0.151 e. The third-order valence-corrected chi connectivity index (χ3v) is 3.92. The Kier molecular flexibility index (Phi) is 3.59. The van der Waals surface area contributed by atoms with Gasteiger partial charge in [0.15, 0.2) is 9.84 Å². The number of hydrogen-bond acceptors (Lipinski definition) is 2. The van der Waals surface area contributed by atoms with Crippen LogP contribution in [0, 0.1) is 10.8 Å². The summed E-state index contributed by atoms with van der Waals surface area (Å²) < 4.78 is 23.3. The molecule has 0 aliphatic rings. The molecule has 0 radical (unpaired) electrons. The highest BCUT2D eigenvalue weighted by atomic mass is 32.2. The second-order valence-electron chi connectivity index (χ2n) is 6.15. The number of rotatable bonds is 2. The summed E-state index contributed by atoms with van der Waals surface area (Å²) >= 11 is 0. The van der Waals surface area contributed by atoms with E-state index in [1.807, 2.05) is 41.5 Å². The maximum absolute atomic E-state index is 11.7. The quantitative estimate of drug-likeness (QED) is 0.695. The average Bonchev–Trinajstić information content (AvgIpc) is 1.43. The topological polar surface area (TPSA) is 34.1 Å². The standard InChI is InChI=1S/C10H22O2S/c1-9(2,3)7-13(11,12)8-10(4,5)6/h7-8H2,1-6H3. The van der Waals surface area contributed by atoms with E-state index in [4.69, 9.17) is 0 Å². The number of hydrogen-bond donors (Lipinski definition) is 0. The molecule has 0 heterocycles. The molecule has 0 saturated heterocycles. The Morgan fingerprint density at radius 3 is 1.15 bits per heavy atom. The summed E-state index contributed by atoms with van der Waals surface area (Å²) in [6.07, 6.45) is 0. The van der Waals surface area contributed by atoms with Gasteiger partial charge in [-0.1, -0.05) is 41.5 Å². The summed E-state index contributed by atoms with van der Waals surface area (Å²) in [6.45, 7) is 11.7. The van der Waals surface area contributed by atoms with Gasteiger partial charge in [-0.25, -0.2) is 8.42 Å². The molecule has 80 valence electrons. The van der Waals surface area contributed by atoms with Crippen LogP contribution in [-0.2, 0) is 9.84 Å². The highest BCUT2D eigenvalue weighted by molar-refractivity contribution is 7.91. The molecule has 0 aromatic rings. The lowest BCUT2D eigenvalue weighted by atomic mass is 10.0. The highest BCUT2D eigenvalue weighted by Crippen LogP contribution is 2.22. The first-order valence-corrected chi connectivity index (χ1v) is 6.44. The summed E-state index contributed by atoms with van der Waals surface area (Å²) in [5.74, 6) is 0.550. The zero-order chi connectivity index (χ0) is 10.9. The van der Waals surface area contributed by atoms with Crippen molar-refractivity contribution < 1.29 is 8.42 Å². The van der Waals surface area contributed by atoms with Gasteiger partial charge in [-0.2, -0.15) is 0 Å². The molecular formula is C10H22O2S. The zero-order valence-corrected chi connectivity index (χ0v) is 10.5. The molecule has 0 saturated carbocycles. The Morgan fingerprint density at radius 2 is 1.00 bits per heavy atom. The molecule has 13 heavy (non-hydrogen) atoms. The average molecular weight is 206 g/mol. The van der Waals surface area contributed by atoms with Gasteiger partial charge in [0, 0.05) is 0 Å². The van der Waals surface area contributed by atoms with Crippen LogP contribution < -0.4 is 0 Å². The zero-order valence-electron chi connectivity index (χ0n) is 9.64. The molecule has 0 unspecified atom stereocenters. The molecule has 0 fully saturated rings. The van der Waals surface area contributed by atoms with Crippen molar-refractivity contribution in [1.82, 2.24) is 0 Å². The summed E-state index contributed by atoms with van der Waals surface area (Å²) in [6, 6.07) is 0. The van der Waals surface area contributed by atoms with Crippen LogP contribution in [0.2, 0.25) is 0 Å². The Hall–Kier alpha value is -0.0500. The first kappa shape index (κ1) is 12.9. The fraction of sp³-hybridized carbons (Fsp3) is 1.00.